The van der Waals surface area contributed by atoms with Crippen molar-refractivity contribution in [1.29, 1.82) is 0 Å². The molecule has 2 saturated heterocycles. The molecule has 0 saturated carbocycles. The maximum atomic E-state index is 13.4. The van der Waals surface area contributed by atoms with Crippen LogP contribution in [-0.4, -0.2) is 46.2 Å². The second-order valence-corrected chi connectivity index (χ2v) is 13.1. The van der Waals surface area contributed by atoms with Crippen molar-refractivity contribution in [3.05, 3.63) is 155 Å². The molecule has 48 heavy (non-hydrogen) atoms. The maximum absolute atomic E-state index is 13.4. The molecule has 244 valence electrons. The Morgan fingerprint density at radius 1 is 0.479 bits per heavy atom. The number of fused-ring (bicyclic) bond motifs is 2. The van der Waals surface area contributed by atoms with Gasteiger partial charge in [-0.15, -0.1) is 0 Å². The molecule has 0 amide bonds. The lowest BCUT2D eigenvalue weighted by Crippen LogP contribution is -2.34. The van der Waals surface area contributed by atoms with E-state index in [1.54, 1.807) is 0 Å². The molecule has 2 atom stereocenters. The van der Waals surface area contributed by atoms with Gasteiger partial charge in [0.2, 0.25) is 0 Å². The SMILES string of the molecule is Oc1c(C(c2ccc(F)cc2)N2CCCC2)ccc2ccccc12.Oc1ccc2ccccc2c1C(c1ccccc1)N1CCCCC1. The summed E-state index contributed by atoms with van der Waals surface area (Å²) in [6.45, 7) is 4.16. The largest absolute Gasteiger partial charge is 0.508 e. The number of rotatable bonds is 6. The van der Waals surface area contributed by atoms with E-state index < -0.39 is 0 Å². The predicted octanol–water partition coefficient (Wildman–Crippen LogP) is 9.99. The van der Waals surface area contributed by atoms with E-state index in [9.17, 15) is 14.6 Å². The summed E-state index contributed by atoms with van der Waals surface area (Å²) in [7, 11) is 0. The average Bonchev–Trinajstić information content (AvgIpc) is 3.67. The Morgan fingerprint density at radius 2 is 1.00 bits per heavy atom. The Morgan fingerprint density at radius 3 is 1.69 bits per heavy atom. The third kappa shape index (κ3) is 6.66. The number of nitrogens with zero attached hydrogens (tertiary/aromatic N) is 2. The van der Waals surface area contributed by atoms with Crippen LogP contribution in [0.5, 0.6) is 11.5 Å². The molecular weight excluding hydrogens is 595 g/mol. The minimum absolute atomic E-state index is 0.0438. The Hall–Kier alpha value is -4.71. The molecule has 4 nitrogen and oxygen atoms in total. The van der Waals surface area contributed by atoms with Gasteiger partial charge < -0.3 is 10.2 Å². The van der Waals surface area contributed by atoms with E-state index in [4.69, 9.17) is 0 Å². The lowest BCUT2D eigenvalue weighted by Gasteiger charge is -2.36. The molecule has 6 aromatic rings. The fourth-order valence-corrected chi connectivity index (χ4v) is 7.67. The van der Waals surface area contributed by atoms with Crippen LogP contribution in [0.3, 0.4) is 0 Å². The van der Waals surface area contributed by atoms with Gasteiger partial charge in [0.1, 0.15) is 17.3 Å². The Kier molecular flexibility index (Phi) is 9.69. The molecule has 0 aromatic heterocycles. The minimum atomic E-state index is -0.235. The van der Waals surface area contributed by atoms with Gasteiger partial charge in [-0.3, -0.25) is 9.80 Å². The van der Waals surface area contributed by atoms with Gasteiger partial charge >= 0.3 is 0 Å². The number of hydrogen-bond donors (Lipinski definition) is 2. The van der Waals surface area contributed by atoms with E-state index >= 15 is 0 Å². The molecule has 8 rings (SSSR count). The Labute approximate surface area is 282 Å². The zero-order valence-corrected chi connectivity index (χ0v) is 27.3. The number of phenols is 2. The first-order valence-corrected chi connectivity index (χ1v) is 17.3. The highest BCUT2D eigenvalue weighted by Gasteiger charge is 2.29. The number of hydrogen-bond acceptors (Lipinski definition) is 4. The molecule has 2 aliphatic rings. The van der Waals surface area contributed by atoms with Crippen molar-refractivity contribution in [1.82, 2.24) is 9.80 Å². The molecule has 5 heteroatoms. The minimum Gasteiger partial charge on any atom is -0.508 e. The Bertz CT molecular complexity index is 1970. The molecule has 2 heterocycles. The van der Waals surface area contributed by atoms with Crippen LogP contribution in [0.1, 0.15) is 66.4 Å². The zero-order chi connectivity index (χ0) is 32.9. The third-order valence-corrected chi connectivity index (χ3v) is 10.0. The summed E-state index contributed by atoms with van der Waals surface area (Å²) in [6, 6.07) is 41.4. The summed E-state index contributed by atoms with van der Waals surface area (Å²) in [6.07, 6.45) is 6.08. The van der Waals surface area contributed by atoms with Gasteiger partial charge in [-0.25, -0.2) is 4.39 Å². The highest BCUT2D eigenvalue weighted by atomic mass is 19.1. The van der Waals surface area contributed by atoms with E-state index in [1.807, 2.05) is 54.6 Å². The number of aromatic hydroxyl groups is 2. The fourth-order valence-electron chi connectivity index (χ4n) is 7.67. The Balaban J connectivity index is 0.000000152. The van der Waals surface area contributed by atoms with E-state index in [0.29, 0.717) is 11.5 Å². The third-order valence-electron chi connectivity index (χ3n) is 10.0. The molecule has 2 N–H and O–H groups in total. The molecule has 0 aliphatic carbocycles. The lowest BCUT2D eigenvalue weighted by molar-refractivity contribution is 0.186. The van der Waals surface area contributed by atoms with E-state index in [-0.39, 0.29) is 17.9 Å². The molecule has 6 aromatic carbocycles. The first-order valence-electron chi connectivity index (χ1n) is 17.3. The van der Waals surface area contributed by atoms with Crippen molar-refractivity contribution < 1.29 is 14.6 Å². The molecule has 2 aliphatic heterocycles. The lowest BCUT2D eigenvalue weighted by atomic mass is 9.90. The van der Waals surface area contributed by atoms with Crippen molar-refractivity contribution in [2.45, 2.75) is 44.2 Å². The van der Waals surface area contributed by atoms with Gasteiger partial charge in [-0.05, 0) is 97.3 Å². The molecule has 0 spiro atoms. The van der Waals surface area contributed by atoms with Crippen molar-refractivity contribution in [2.24, 2.45) is 0 Å². The summed E-state index contributed by atoms with van der Waals surface area (Å²) >= 11 is 0. The van der Waals surface area contributed by atoms with Crippen molar-refractivity contribution in [3.8, 4) is 11.5 Å². The van der Waals surface area contributed by atoms with E-state index in [2.05, 4.69) is 70.5 Å². The smallest absolute Gasteiger partial charge is 0.128 e. The van der Waals surface area contributed by atoms with Crippen molar-refractivity contribution in [3.63, 3.8) is 0 Å². The summed E-state index contributed by atoms with van der Waals surface area (Å²) in [4.78, 5) is 4.90. The maximum Gasteiger partial charge on any atom is 0.128 e. The van der Waals surface area contributed by atoms with Crippen molar-refractivity contribution >= 4 is 21.5 Å². The second kappa shape index (κ2) is 14.6. The molecule has 0 radical (unpaired) electrons. The number of likely N-dealkylation sites (tertiary alicyclic amines) is 2. The van der Waals surface area contributed by atoms with Gasteiger partial charge in [0.25, 0.3) is 0 Å². The number of piperidine rings is 1. The second-order valence-electron chi connectivity index (χ2n) is 13.1. The molecule has 2 fully saturated rings. The van der Waals surface area contributed by atoms with Crippen LogP contribution in [0, 0.1) is 5.82 Å². The van der Waals surface area contributed by atoms with Crippen LogP contribution < -0.4 is 0 Å². The topological polar surface area (TPSA) is 46.9 Å². The van der Waals surface area contributed by atoms with Crippen LogP contribution >= 0.6 is 0 Å². The molecule has 0 bridgehead atoms. The molecular formula is C43H43FN2O2. The van der Waals surface area contributed by atoms with Crippen molar-refractivity contribution in [2.75, 3.05) is 26.2 Å². The monoisotopic (exact) mass is 638 g/mol. The van der Waals surface area contributed by atoms with Gasteiger partial charge in [0, 0.05) is 16.5 Å². The van der Waals surface area contributed by atoms with E-state index in [0.717, 1.165) is 71.9 Å². The zero-order valence-electron chi connectivity index (χ0n) is 27.3. The van der Waals surface area contributed by atoms with E-state index in [1.165, 1.54) is 42.3 Å². The van der Waals surface area contributed by atoms with Crippen LogP contribution in [-0.2, 0) is 0 Å². The van der Waals surface area contributed by atoms with Gasteiger partial charge in [-0.1, -0.05) is 116 Å². The summed E-state index contributed by atoms with van der Waals surface area (Å²) < 4.78 is 13.4. The highest BCUT2D eigenvalue weighted by molar-refractivity contribution is 5.90. The predicted molar refractivity (Wildman–Crippen MR) is 194 cm³/mol. The number of benzene rings is 6. The standard InChI is InChI=1S/C22H23NO.C21H20FNO/c24-20-14-13-17-9-5-6-12-19(17)21(20)22(18-10-3-1-4-11-18)23-15-7-2-8-16-23;22-17-10-7-16(8-11-17)20(23-13-3-4-14-23)19-12-9-15-5-1-2-6-18(15)21(19)24/h1,3-6,9-14,22,24H,2,7-8,15-16H2;1-2,5-12,20,24H,3-4,13-14H2. The summed E-state index contributed by atoms with van der Waals surface area (Å²) in [5.41, 5.74) is 4.21. The normalized spacial score (nSPS) is 16.8. The first-order chi connectivity index (χ1) is 23.6. The van der Waals surface area contributed by atoms with Gasteiger partial charge in [-0.2, -0.15) is 0 Å². The van der Waals surface area contributed by atoms with Crippen LogP contribution in [0.2, 0.25) is 0 Å². The van der Waals surface area contributed by atoms with Gasteiger partial charge in [0.05, 0.1) is 12.1 Å². The first kappa shape index (κ1) is 31.9. The van der Waals surface area contributed by atoms with Crippen LogP contribution in [0.4, 0.5) is 4.39 Å². The number of phenolic OH excluding ortho intramolecular Hbond substituents is 2. The summed E-state index contributed by atoms with van der Waals surface area (Å²) in [5.74, 6) is 0.490. The molecule has 2 unspecified atom stereocenters. The summed E-state index contributed by atoms with van der Waals surface area (Å²) in [5, 5.41) is 25.9. The fraction of sp³-hybridized carbons (Fsp3) is 0.256. The number of halogens is 1. The quantitative estimate of drug-likeness (QED) is 0.191. The highest BCUT2D eigenvalue weighted by Crippen LogP contribution is 2.41. The van der Waals surface area contributed by atoms with Crippen LogP contribution in [0.25, 0.3) is 21.5 Å². The van der Waals surface area contributed by atoms with Crippen LogP contribution in [0.15, 0.2) is 127 Å². The average molecular weight is 639 g/mol. The van der Waals surface area contributed by atoms with Gasteiger partial charge in [0.15, 0.2) is 0 Å².